The van der Waals surface area contributed by atoms with E-state index in [0.29, 0.717) is 18.5 Å². The molecule has 38 heavy (non-hydrogen) atoms. The lowest BCUT2D eigenvalue weighted by molar-refractivity contribution is -0.146. The Kier molecular flexibility index (Phi) is 9.84. The van der Waals surface area contributed by atoms with Gasteiger partial charge in [-0.15, -0.1) is 11.6 Å². The molecular formula is C28H33ClF3N3O3. The predicted molar refractivity (Wildman–Crippen MR) is 142 cm³/mol. The predicted octanol–water partition coefficient (Wildman–Crippen LogP) is 5.50. The number of alkyl halides is 4. The number of halogens is 4. The van der Waals surface area contributed by atoms with Gasteiger partial charge in [-0.2, -0.15) is 13.2 Å². The van der Waals surface area contributed by atoms with Crippen molar-refractivity contribution in [1.29, 1.82) is 0 Å². The number of H-pyrrole nitrogens is 1. The molecule has 0 spiro atoms. The zero-order chi connectivity index (χ0) is 27.9. The third-order valence-electron chi connectivity index (χ3n) is 6.43. The van der Waals surface area contributed by atoms with E-state index in [1.807, 2.05) is 30.5 Å². The monoisotopic (exact) mass is 551 g/mol. The number of hydrogen-bond donors (Lipinski definition) is 1. The molecule has 0 radical (unpaired) electrons. The summed E-state index contributed by atoms with van der Waals surface area (Å²) >= 11 is 6.01. The van der Waals surface area contributed by atoms with Crippen molar-refractivity contribution in [3.63, 3.8) is 0 Å². The zero-order valence-corrected chi connectivity index (χ0v) is 22.5. The molecule has 3 aromatic rings. The fourth-order valence-electron chi connectivity index (χ4n) is 4.11. The van der Waals surface area contributed by atoms with Crippen LogP contribution in [0.25, 0.3) is 10.9 Å². The number of benzene rings is 2. The van der Waals surface area contributed by atoms with E-state index < -0.39 is 17.2 Å². The maximum atomic E-state index is 13.6. The van der Waals surface area contributed by atoms with Crippen LogP contribution in [0.5, 0.6) is 0 Å². The van der Waals surface area contributed by atoms with Crippen LogP contribution in [0.1, 0.15) is 30.5 Å². The van der Waals surface area contributed by atoms with Gasteiger partial charge in [0, 0.05) is 49.7 Å². The molecule has 3 rings (SSSR count). The number of rotatable bonds is 12. The molecule has 1 aromatic heterocycles. The largest absolute Gasteiger partial charge is 0.416 e. The molecule has 1 heterocycles. The lowest BCUT2D eigenvalue weighted by Crippen LogP contribution is -2.49. The summed E-state index contributed by atoms with van der Waals surface area (Å²) in [4.78, 5) is 32.9. The van der Waals surface area contributed by atoms with Crippen LogP contribution >= 0.6 is 11.6 Å². The number of aromatic amines is 1. The van der Waals surface area contributed by atoms with E-state index >= 15 is 0 Å². The summed E-state index contributed by atoms with van der Waals surface area (Å²) in [6.07, 6.45) is -2.03. The van der Waals surface area contributed by atoms with E-state index in [4.69, 9.17) is 16.3 Å². The molecule has 2 aromatic carbocycles. The summed E-state index contributed by atoms with van der Waals surface area (Å²) in [5.74, 6) is -0.511. The highest BCUT2D eigenvalue weighted by Gasteiger charge is 2.33. The van der Waals surface area contributed by atoms with E-state index in [9.17, 15) is 22.8 Å². The fraction of sp³-hybridized carbons (Fsp3) is 0.429. The smallest absolute Gasteiger partial charge is 0.383 e. The third-order valence-corrected chi connectivity index (χ3v) is 7.09. The average molecular weight is 552 g/mol. The molecule has 0 saturated carbocycles. The maximum absolute atomic E-state index is 13.6. The molecule has 10 heteroatoms. The Hall–Kier alpha value is -3.04. The number of ether oxygens (including phenoxy) is 1. The lowest BCUT2D eigenvalue weighted by atomic mass is 9.94. The fourth-order valence-corrected chi connectivity index (χ4v) is 4.22. The summed E-state index contributed by atoms with van der Waals surface area (Å²) in [5, 5.41) is 1.04. The van der Waals surface area contributed by atoms with Gasteiger partial charge in [-0.25, -0.2) is 0 Å². The maximum Gasteiger partial charge on any atom is 0.416 e. The molecule has 0 saturated heterocycles. The number of nitrogens with zero attached hydrogens (tertiary/aromatic N) is 2. The minimum absolute atomic E-state index is 0.0827. The zero-order valence-electron chi connectivity index (χ0n) is 21.8. The van der Waals surface area contributed by atoms with Gasteiger partial charge < -0.3 is 19.5 Å². The summed E-state index contributed by atoms with van der Waals surface area (Å²) in [5.41, 5.74) is 0.917. The van der Waals surface area contributed by atoms with Crippen LogP contribution in [0.15, 0.2) is 54.7 Å². The van der Waals surface area contributed by atoms with Gasteiger partial charge in [-0.05, 0) is 49.6 Å². The first-order valence-electron chi connectivity index (χ1n) is 12.3. The summed E-state index contributed by atoms with van der Waals surface area (Å²) in [6, 6.07) is 12.6. The summed E-state index contributed by atoms with van der Waals surface area (Å²) < 4.78 is 44.2. The number of carbonyl (C=O) groups is 2. The summed E-state index contributed by atoms with van der Waals surface area (Å²) in [7, 11) is 1.51. The molecule has 0 aliphatic heterocycles. The minimum Gasteiger partial charge on any atom is -0.383 e. The van der Waals surface area contributed by atoms with Gasteiger partial charge in [0.2, 0.25) is 11.8 Å². The van der Waals surface area contributed by atoms with Gasteiger partial charge in [-0.3, -0.25) is 9.59 Å². The number of methoxy groups -OCH3 is 1. The van der Waals surface area contributed by atoms with Crippen molar-refractivity contribution in [1.82, 2.24) is 14.8 Å². The molecule has 0 bridgehead atoms. The molecule has 0 aliphatic carbocycles. The average Bonchev–Trinajstić information content (AvgIpc) is 3.31. The Labute approximate surface area is 225 Å². The number of carbonyl (C=O) groups excluding carboxylic acids is 2. The Bertz CT molecular complexity index is 1230. The molecule has 0 fully saturated rings. The van der Waals surface area contributed by atoms with Crippen molar-refractivity contribution in [3.05, 3.63) is 71.4 Å². The molecule has 206 valence electrons. The first-order valence-corrected chi connectivity index (χ1v) is 12.8. The SMILES string of the molecule is COCCN(CC(=O)N(CCc1c[nH]c2ccccc12)Cc1ccc(C(F)(F)F)cc1)C(=O)C(C)(C)CCl. The van der Waals surface area contributed by atoms with Gasteiger partial charge >= 0.3 is 6.18 Å². The molecule has 0 unspecified atom stereocenters. The van der Waals surface area contributed by atoms with Crippen molar-refractivity contribution in [2.45, 2.75) is 33.0 Å². The first-order chi connectivity index (χ1) is 18.0. The number of hydrogen-bond acceptors (Lipinski definition) is 3. The normalized spacial score (nSPS) is 12.1. The Morgan fingerprint density at radius 1 is 1.00 bits per heavy atom. The quantitative estimate of drug-likeness (QED) is 0.302. The van der Waals surface area contributed by atoms with Crippen molar-refractivity contribution in [2.75, 3.05) is 39.2 Å². The van der Waals surface area contributed by atoms with E-state index in [2.05, 4.69) is 4.98 Å². The van der Waals surface area contributed by atoms with E-state index in [1.165, 1.54) is 24.1 Å². The Morgan fingerprint density at radius 3 is 2.32 bits per heavy atom. The van der Waals surface area contributed by atoms with E-state index in [1.54, 1.807) is 18.7 Å². The van der Waals surface area contributed by atoms with Crippen LogP contribution in [0.3, 0.4) is 0 Å². The number of nitrogens with one attached hydrogen (secondary N) is 1. The molecular weight excluding hydrogens is 519 g/mol. The van der Waals surface area contributed by atoms with Crippen molar-refractivity contribution >= 4 is 34.3 Å². The molecule has 0 aliphatic rings. The van der Waals surface area contributed by atoms with Crippen LogP contribution in [-0.4, -0.2) is 65.8 Å². The van der Waals surface area contributed by atoms with Crippen LogP contribution < -0.4 is 0 Å². The second kappa shape index (κ2) is 12.7. The Balaban J connectivity index is 1.83. The molecule has 2 amide bonds. The number of amides is 2. The van der Waals surface area contributed by atoms with Gasteiger partial charge in [0.25, 0.3) is 0 Å². The highest BCUT2D eigenvalue weighted by molar-refractivity contribution is 6.19. The molecule has 6 nitrogen and oxygen atoms in total. The van der Waals surface area contributed by atoms with Crippen LogP contribution in [0.4, 0.5) is 13.2 Å². The minimum atomic E-state index is -4.44. The van der Waals surface area contributed by atoms with Crippen LogP contribution in [-0.2, 0) is 33.5 Å². The second-order valence-electron chi connectivity index (χ2n) is 9.86. The standard InChI is InChI=1S/C28H33ClF3N3O3/c1-27(2,19-29)26(37)35(14-15-38-3)18-25(36)34(17-20-8-10-22(11-9-20)28(30,31)32)13-12-21-16-33-24-7-5-4-6-23(21)24/h4-11,16,33H,12-15,17-19H2,1-3H3. The van der Waals surface area contributed by atoms with Crippen molar-refractivity contribution in [3.8, 4) is 0 Å². The number of para-hydroxylation sites is 1. The lowest BCUT2D eigenvalue weighted by Gasteiger charge is -2.32. The second-order valence-corrected chi connectivity index (χ2v) is 10.1. The van der Waals surface area contributed by atoms with Crippen LogP contribution in [0.2, 0.25) is 0 Å². The summed E-state index contributed by atoms with van der Waals surface area (Å²) in [6.45, 7) is 4.09. The van der Waals surface area contributed by atoms with Gasteiger partial charge in [0.05, 0.1) is 24.1 Å². The van der Waals surface area contributed by atoms with E-state index in [-0.39, 0.29) is 43.9 Å². The first kappa shape index (κ1) is 29.5. The molecule has 0 atom stereocenters. The number of aromatic nitrogens is 1. The van der Waals surface area contributed by atoms with Gasteiger partial charge in [-0.1, -0.05) is 30.3 Å². The van der Waals surface area contributed by atoms with E-state index in [0.717, 1.165) is 28.6 Å². The third kappa shape index (κ3) is 7.51. The molecule has 1 N–H and O–H groups in total. The van der Waals surface area contributed by atoms with Gasteiger partial charge in [0.15, 0.2) is 0 Å². The van der Waals surface area contributed by atoms with Crippen LogP contribution in [0, 0.1) is 5.41 Å². The van der Waals surface area contributed by atoms with Gasteiger partial charge in [0.1, 0.15) is 0 Å². The topological polar surface area (TPSA) is 65.6 Å². The highest BCUT2D eigenvalue weighted by Crippen LogP contribution is 2.29. The number of fused-ring (bicyclic) bond motifs is 1. The van der Waals surface area contributed by atoms with Crippen molar-refractivity contribution in [2.24, 2.45) is 5.41 Å². The Morgan fingerprint density at radius 2 is 1.68 bits per heavy atom. The van der Waals surface area contributed by atoms with Crippen molar-refractivity contribution < 1.29 is 27.5 Å². The highest BCUT2D eigenvalue weighted by atomic mass is 35.5.